The first kappa shape index (κ1) is 15.3. The number of likely N-dealkylation sites (N-methyl/N-ethyl adjacent to an activating group) is 1. The molecule has 0 saturated carbocycles. The summed E-state index contributed by atoms with van der Waals surface area (Å²) in [7, 11) is 1.55. The third-order valence-electron chi connectivity index (χ3n) is 3.37. The molecule has 114 valence electrons. The van der Waals surface area contributed by atoms with Crippen LogP contribution in [0.4, 0.5) is 4.79 Å². The molecule has 6 nitrogen and oxygen atoms in total. The number of aliphatic hydroxyl groups is 1. The fourth-order valence-corrected chi connectivity index (χ4v) is 2.16. The number of aryl methyl sites for hydroxylation is 1. The number of hydrogen-bond donors (Lipinski definition) is 1. The first-order chi connectivity index (χ1) is 10.0. The van der Waals surface area contributed by atoms with Gasteiger partial charge in [0.2, 0.25) is 5.91 Å². The molecule has 1 fully saturated rings. The zero-order chi connectivity index (χ0) is 15.4. The number of hydrogen-bond acceptors (Lipinski definition) is 4. The normalized spacial score (nSPS) is 16.5. The number of rotatable bonds is 6. The molecule has 21 heavy (non-hydrogen) atoms. The van der Waals surface area contributed by atoms with Crippen molar-refractivity contribution in [1.82, 2.24) is 9.80 Å². The number of benzene rings is 1. The van der Waals surface area contributed by atoms with Gasteiger partial charge in [0.1, 0.15) is 25.0 Å². The van der Waals surface area contributed by atoms with E-state index in [-0.39, 0.29) is 31.6 Å². The summed E-state index contributed by atoms with van der Waals surface area (Å²) in [6, 6.07) is 7.23. The van der Waals surface area contributed by atoms with Gasteiger partial charge in [-0.2, -0.15) is 0 Å². The first-order valence-corrected chi connectivity index (χ1v) is 6.96. The molecule has 0 bridgehead atoms. The van der Waals surface area contributed by atoms with Gasteiger partial charge < -0.3 is 14.7 Å². The maximum Gasteiger partial charge on any atom is 0.327 e. The monoisotopic (exact) mass is 292 g/mol. The van der Waals surface area contributed by atoms with Crippen molar-refractivity contribution in [3.63, 3.8) is 0 Å². The lowest BCUT2D eigenvalue weighted by atomic mass is 10.2. The summed E-state index contributed by atoms with van der Waals surface area (Å²) in [6.07, 6.45) is -0.00208. The highest BCUT2D eigenvalue weighted by Crippen LogP contribution is 2.14. The van der Waals surface area contributed by atoms with Crippen molar-refractivity contribution in [2.24, 2.45) is 0 Å². The average molecular weight is 292 g/mol. The van der Waals surface area contributed by atoms with Gasteiger partial charge in [-0.25, -0.2) is 4.79 Å². The smallest absolute Gasteiger partial charge is 0.327 e. The quantitative estimate of drug-likeness (QED) is 0.790. The molecule has 1 N–H and O–H groups in total. The summed E-state index contributed by atoms with van der Waals surface area (Å²) in [5, 5.41) is 9.93. The van der Waals surface area contributed by atoms with Crippen molar-refractivity contribution in [2.45, 2.75) is 19.4 Å². The summed E-state index contributed by atoms with van der Waals surface area (Å²) < 4.78 is 5.51. The molecule has 0 radical (unpaired) electrons. The van der Waals surface area contributed by atoms with Gasteiger partial charge in [-0.15, -0.1) is 0 Å². The summed E-state index contributed by atoms with van der Waals surface area (Å²) in [5.41, 5.74) is 1.15. The minimum absolute atomic E-state index is 0.0357. The molecule has 0 unspecified atom stereocenters. The van der Waals surface area contributed by atoms with Crippen LogP contribution in [0.3, 0.4) is 0 Å². The summed E-state index contributed by atoms with van der Waals surface area (Å²) in [4.78, 5) is 25.7. The Hall–Kier alpha value is -2.08. The van der Waals surface area contributed by atoms with Gasteiger partial charge in [0.05, 0.1) is 6.54 Å². The highest BCUT2D eigenvalue weighted by Gasteiger charge is 2.34. The molecule has 6 heteroatoms. The molecule has 0 aliphatic carbocycles. The number of ether oxygens (including phenoxy) is 1. The summed E-state index contributed by atoms with van der Waals surface area (Å²) in [6.45, 7) is 2.10. The molecule has 2 rings (SSSR count). The minimum Gasteiger partial charge on any atom is -0.491 e. The largest absolute Gasteiger partial charge is 0.491 e. The molecule has 1 aromatic carbocycles. The summed E-state index contributed by atoms with van der Waals surface area (Å²) in [5.74, 6) is 0.374. The molecular formula is C15H20N2O4. The minimum atomic E-state index is -0.908. The number of imide groups is 1. The Kier molecular flexibility index (Phi) is 4.80. The van der Waals surface area contributed by atoms with E-state index in [1.807, 2.05) is 24.3 Å². The van der Waals surface area contributed by atoms with Crippen molar-refractivity contribution in [2.75, 3.05) is 26.7 Å². The van der Waals surface area contributed by atoms with Gasteiger partial charge in [-0.3, -0.25) is 9.69 Å². The van der Waals surface area contributed by atoms with E-state index in [0.717, 1.165) is 16.9 Å². The average Bonchev–Trinajstić information content (AvgIpc) is 2.72. The maximum atomic E-state index is 11.7. The van der Waals surface area contributed by atoms with Crippen molar-refractivity contribution in [1.29, 1.82) is 0 Å². The van der Waals surface area contributed by atoms with E-state index in [2.05, 4.69) is 6.92 Å². The highest BCUT2D eigenvalue weighted by molar-refractivity contribution is 6.01. The number of carbonyl (C=O) groups is 2. The van der Waals surface area contributed by atoms with E-state index in [4.69, 9.17) is 4.74 Å². The van der Waals surface area contributed by atoms with Gasteiger partial charge in [0.15, 0.2) is 0 Å². The lowest BCUT2D eigenvalue weighted by Gasteiger charge is -2.18. The van der Waals surface area contributed by atoms with E-state index in [9.17, 15) is 14.7 Å². The van der Waals surface area contributed by atoms with Crippen LogP contribution in [0.5, 0.6) is 5.75 Å². The topological polar surface area (TPSA) is 70.1 Å². The standard InChI is InChI=1S/C15H20N2O4/c1-3-11-5-4-6-13(7-11)21-10-12(18)8-17-14(19)9-16(2)15(17)20/h4-7,12,18H,3,8-10H2,1-2H3/t12-/m1/s1. The van der Waals surface area contributed by atoms with Crippen LogP contribution < -0.4 is 4.74 Å². The van der Waals surface area contributed by atoms with Crippen molar-refractivity contribution in [3.8, 4) is 5.75 Å². The zero-order valence-electron chi connectivity index (χ0n) is 12.3. The van der Waals surface area contributed by atoms with Crippen LogP contribution in [0.1, 0.15) is 12.5 Å². The molecule has 0 spiro atoms. The number of aliphatic hydroxyl groups excluding tert-OH is 1. The fraction of sp³-hybridized carbons (Fsp3) is 0.467. The molecule has 1 aliphatic rings. The molecular weight excluding hydrogens is 272 g/mol. The van der Waals surface area contributed by atoms with E-state index in [1.54, 1.807) is 7.05 Å². The van der Waals surface area contributed by atoms with Crippen LogP contribution in [-0.4, -0.2) is 59.7 Å². The second-order valence-electron chi connectivity index (χ2n) is 5.11. The summed E-state index contributed by atoms with van der Waals surface area (Å²) >= 11 is 0. The predicted molar refractivity (Wildman–Crippen MR) is 77.1 cm³/mol. The Labute approximate surface area is 123 Å². The third-order valence-corrected chi connectivity index (χ3v) is 3.37. The van der Waals surface area contributed by atoms with E-state index < -0.39 is 6.10 Å². The van der Waals surface area contributed by atoms with E-state index in [1.165, 1.54) is 4.90 Å². The third kappa shape index (κ3) is 3.72. The van der Waals surface area contributed by atoms with Crippen molar-refractivity contribution < 1.29 is 19.4 Å². The Bertz CT molecular complexity index is 532. The van der Waals surface area contributed by atoms with Crippen LogP contribution in [0.25, 0.3) is 0 Å². The molecule has 1 heterocycles. The second kappa shape index (κ2) is 6.58. The molecule has 1 aromatic rings. The number of amides is 3. The van der Waals surface area contributed by atoms with Gasteiger partial charge in [0, 0.05) is 7.05 Å². The fourth-order valence-electron chi connectivity index (χ4n) is 2.16. The molecule has 1 aliphatic heterocycles. The zero-order valence-corrected chi connectivity index (χ0v) is 12.3. The SMILES string of the molecule is CCc1cccc(OC[C@H](O)CN2C(=O)CN(C)C2=O)c1. The number of nitrogens with zero attached hydrogens (tertiary/aromatic N) is 2. The van der Waals surface area contributed by atoms with Crippen LogP contribution in [0, 0.1) is 0 Å². The lowest BCUT2D eigenvalue weighted by molar-refractivity contribution is -0.126. The van der Waals surface area contributed by atoms with Crippen LogP contribution in [0.15, 0.2) is 24.3 Å². The molecule has 0 aromatic heterocycles. The number of β-amino-alcohol motifs (C(OH)–C–C–N with tert-alkyl or cyclic N) is 1. The Morgan fingerprint density at radius 3 is 2.76 bits per heavy atom. The van der Waals surface area contributed by atoms with Crippen LogP contribution >= 0.6 is 0 Å². The van der Waals surface area contributed by atoms with Gasteiger partial charge >= 0.3 is 6.03 Å². The van der Waals surface area contributed by atoms with Crippen molar-refractivity contribution >= 4 is 11.9 Å². The Morgan fingerprint density at radius 1 is 1.38 bits per heavy atom. The molecule has 1 saturated heterocycles. The van der Waals surface area contributed by atoms with Gasteiger partial charge in [-0.05, 0) is 24.1 Å². The van der Waals surface area contributed by atoms with Gasteiger partial charge in [0.25, 0.3) is 0 Å². The first-order valence-electron chi connectivity index (χ1n) is 6.96. The van der Waals surface area contributed by atoms with Crippen LogP contribution in [0.2, 0.25) is 0 Å². The van der Waals surface area contributed by atoms with E-state index in [0.29, 0.717) is 5.75 Å². The molecule has 1 atom stereocenters. The van der Waals surface area contributed by atoms with E-state index >= 15 is 0 Å². The second-order valence-corrected chi connectivity index (χ2v) is 5.11. The van der Waals surface area contributed by atoms with Gasteiger partial charge in [-0.1, -0.05) is 19.1 Å². The number of carbonyl (C=O) groups excluding carboxylic acids is 2. The lowest BCUT2D eigenvalue weighted by Crippen LogP contribution is -2.40. The maximum absolute atomic E-state index is 11.7. The highest BCUT2D eigenvalue weighted by atomic mass is 16.5. The van der Waals surface area contributed by atoms with Crippen LogP contribution in [-0.2, 0) is 11.2 Å². The Morgan fingerprint density at radius 2 is 2.14 bits per heavy atom. The number of urea groups is 1. The Balaban J connectivity index is 1.86. The molecule has 3 amide bonds. The van der Waals surface area contributed by atoms with Crippen molar-refractivity contribution in [3.05, 3.63) is 29.8 Å². The predicted octanol–water partition coefficient (Wildman–Crippen LogP) is 0.883.